The predicted molar refractivity (Wildman–Crippen MR) is 81.7 cm³/mol. The molecule has 2 rings (SSSR count). The second kappa shape index (κ2) is 7.03. The van der Waals surface area contributed by atoms with Gasteiger partial charge in [-0.1, -0.05) is 13.8 Å². The van der Waals surface area contributed by atoms with Gasteiger partial charge in [0.05, 0.1) is 11.6 Å². The number of hydrogen-bond acceptors (Lipinski definition) is 3. The fraction of sp³-hybridized carbons (Fsp3) is 0.688. The minimum Gasteiger partial charge on any atom is -0.356 e. The van der Waals surface area contributed by atoms with Crippen molar-refractivity contribution >= 4 is 5.82 Å². The number of rotatable bonds is 5. The standard InChI is InChI=1S/C16H23F4N3/c1-10(2)11(3)21-8-14-13(17)4-5-15(22-14)23-7-6-12(9-23)16(18,19)20/h4-5,10-12,21H,6-9H2,1-3H3/t11-,12?/m1/s1. The first kappa shape index (κ1) is 18.0. The number of nitrogens with zero attached hydrogens (tertiary/aromatic N) is 2. The fourth-order valence-corrected chi connectivity index (χ4v) is 2.50. The summed E-state index contributed by atoms with van der Waals surface area (Å²) in [7, 11) is 0. The number of pyridine rings is 1. The Balaban J connectivity index is 2.06. The molecule has 130 valence electrons. The number of nitrogens with one attached hydrogen (secondary N) is 1. The summed E-state index contributed by atoms with van der Waals surface area (Å²) in [5.41, 5.74) is 0.241. The van der Waals surface area contributed by atoms with Gasteiger partial charge in [0.15, 0.2) is 0 Å². The molecule has 1 saturated heterocycles. The molecule has 1 aromatic heterocycles. The van der Waals surface area contributed by atoms with Crippen LogP contribution in [0.2, 0.25) is 0 Å². The SMILES string of the molecule is CC(C)[C@@H](C)NCc1nc(N2CCC(C(F)(F)F)C2)ccc1F. The lowest BCUT2D eigenvalue weighted by molar-refractivity contribution is -0.168. The molecule has 23 heavy (non-hydrogen) atoms. The van der Waals surface area contributed by atoms with E-state index in [4.69, 9.17) is 0 Å². The number of halogens is 4. The van der Waals surface area contributed by atoms with Gasteiger partial charge in [0.2, 0.25) is 0 Å². The zero-order valence-corrected chi connectivity index (χ0v) is 13.6. The molecule has 1 N–H and O–H groups in total. The van der Waals surface area contributed by atoms with Crippen LogP contribution in [0.3, 0.4) is 0 Å². The molecule has 7 heteroatoms. The number of alkyl halides is 3. The van der Waals surface area contributed by atoms with Crippen LogP contribution >= 0.6 is 0 Å². The molecule has 0 aliphatic carbocycles. The maximum atomic E-state index is 13.9. The van der Waals surface area contributed by atoms with Crippen molar-refractivity contribution in [2.75, 3.05) is 18.0 Å². The Labute approximate surface area is 134 Å². The summed E-state index contributed by atoms with van der Waals surface area (Å²) in [4.78, 5) is 5.80. The largest absolute Gasteiger partial charge is 0.393 e. The van der Waals surface area contributed by atoms with Crippen LogP contribution in [0.5, 0.6) is 0 Å². The second-order valence-corrected chi connectivity index (χ2v) is 6.48. The van der Waals surface area contributed by atoms with Crippen LogP contribution in [0.4, 0.5) is 23.4 Å². The van der Waals surface area contributed by atoms with E-state index in [1.807, 2.05) is 6.92 Å². The van der Waals surface area contributed by atoms with E-state index in [-0.39, 0.29) is 37.8 Å². The van der Waals surface area contributed by atoms with Crippen LogP contribution in [0.25, 0.3) is 0 Å². The highest BCUT2D eigenvalue weighted by Crippen LogP contribution is 2.35. The summed E-state index contributed by atoms with van der Waals surface area (Å²) >= 11 is 0. The molecular weight excluding hydrogens is 310 g/mol. The van der Waals surface area contributed by atoms with E-state index in [0.717, 1.165) is 0 Å². The Kier molecular flexibility index (Phi) is 5.49. The van der Waals surface area contributed by atoms with Crippen LogP contribution in [0.15, 0.2) is 12.1 Å². The smallest absolute Gasteiger partial charge is 0.356 e. The van der Waals surface area contributed by atoms with Crippen LogP contribution in [-0.4, -0.2) is 30.3 Å². The average molecular weight is 333 g/mol. The minimum atomic E-state index is -4.19. The third-order valence-corrected chi connectivity index (χ3v) is 4.47. The Bertz CT molecular complexity index is 531. The molecule has 1 aliphatic heterocycles. The fourth-order valence-electron chi connectivity index (χ4n) is 2.50. The van der Waals surface area contributed by atoms with Crippen LogP contribution in [0, 0.1) is 17.7 Å². The van der Waals surface area contributed by atoms with E-state index in [0.29, 0.717) is 11.7 Å². The zero-order valence-electron chi connectivity index (χ0n) is 13.6. The summed E-state index contributed by atoms with van der Waals surface area (Å²) < 4.78 is 52.2. The maximum Gasteiger partial charge on any atom is 0.393 e. The van der Waals surface area contributed by atoms with Gasteiger partial charge < -0.3 is 10.2 Å². The summed E-state index contributed by atoms with van der Waals surface area (Å²) in [5, 5.41) is 3.19. The molecule has 2 heterocycles. The second-order valence-electron chi connectivity index (χ2n) is 6.48. The number of anilines is 1. The first-order valence-corrected chi connectivity index (χ1v) is 7.89. The van der Waals surface area contributed by atoms with Gasteiger partial charge in [0, 0.05) is 25.7 Å². The monoisotopic (exact) mass is 333 g/mol. The van der Waals surface area contributed by atoms with Gasteiger partial charge in [-0.05, 0) is 31.4 Å². The van der Waals surface area contributed by atoms with Crippen molar-refractivity contribution in [2.45, 2.75) is 46.0 Å². The van der Waals surface area contributed by atoms with Gasteiger partial charge in [-0.25, -0.2) is 9.37 Å². The molecule has 0 bridgehead atoms. The van der Waals surface area contributed by atoms with E-state index in [9.17, 15) is 17.6 Å². The van der Waals surface area contributed by atoms with E-state index in [1.165, 1.54) is 12.1 Å². The molecule has 0 saturated carbocycles. The van der Waals surface area contributed by atoms with Crippen LogP contribution < -0.4 is 10.2 Å². The van der Waals surface area contributed by atoms with Crippen molar-refractivity contribution in [1.29, 1.82) is 0 Å². The molecule has 2 atom stereocenters. The minimum absolute atomic E-state index is 0.0561. The third kappa shape index (κ3) is 4.56. The summed E-state index contributed by atoms with van der Waals surface area (Å²) in [6.45, 7) is 6.55. The highest BCUT2D eigenvalue weighted by Gasteiger charge is 2.43. The normalized spacial score (nSPS) is 20.3. The lowest BCUT2D eigenvalue weighted by atomic mass is 10.1. The predicted octanol–water partition coefficient (Wildman–Crippen LogP) is 3.74. The Morgan fingerprint density at radius 3 is 2.57 bits per heavy atom. The van der Waals surface area contributed by atoms with Gasteiger partial charge in [0.25, 0.3) is 0 Å². The molecule has 1 unspecified atom stereocenters. The first-order valence-electron chi connectivity index (χ1n) is 7.89. The van der Waals surface area contributed by atoms with Crippen molar-refractivity contribution < 1.29 is 17.6 Å². The summed E-state index contributed by atoms with van der Waals surface area (Å²) in [5.74, 6) is -0.972. The van der Waals surface area contributed by atoms with Gasteiger partial charge in [-0.2, -0.15) is 13.2 Å². The highest BCUT2D eigenvalue weighted by molar-refractivity contribution is 5.41. The van der Waals surface area contributed by atoms with E-state index >= 15 is 0 Å². The topological polar surface area (TPSA) is 28.2 Å². The number of aromatic nitrogens is 1. The van der Waals surface area contributed by atoms with Crippen LogP contribution in [0.1, 0.15) is 32.9 Å². The Morgan fingerprint density at radius 1 is 1.30 bits per heavy atom. The molecule has 0 aromatic carbocycles. The van der Waals surface area contributed by atoms with Crippen LogP contribution in [-0.2, 0) is 6.54 Å². The lowest BCUT2D eigenvalue weighted by Gasteiger charge is -2.21. The van der Waals surface area contributed by atoms with Crippen molar-refractivity contribution in [3.63, 3.8) is 0 Å². The molecule has 0 spiro atoms. The Morgan fingerprint density at radius 2 is 2.00 bits per heavy atom. The van der Waals surface area contributed by atoms with E-state index < -0.39 is 17.9 Å². The summed E-state index contributed by atoms with van der Waals surface area (Å²) in [6.07, 6.45) is -4.13. The van der Waals surface area contributed by atoms with Gasteiger partial charge >= 0.3 is 6.18 Å². The van der Waals surface area contributed by atoms with E-state index in [1.54, 1.807) is 4.90 Å². The van der Waals surface area contributed by atoms with Gasteiger partial charge in [0.1, 0.15) is 11.6 Å². The number of hydrogen-bond donors (Lipinski definition) is 1. The third-order valence-electron chi connectivity index (χ3n) is 4.47. The molecule has 1 aromatic rings. The molecule has 1 fully saturated rings. The molecule has 0 amide bonds. The molecular formula is C16H23F4N3. The quantitative estimate of drug-likeness (QED) is 0.832. The summed E-state index contributed by atoms with van der Waals surface area (Å²) in [6, 6.07) is 2.92. The highest BCUT2D eigenvalue weighted by atomic mass is 19.4. The van der Waals surface area contributed by atoms with Gasteiger partial charge in [-0.3, -0.25) is 0 Å². The Hall–Kier alpha value is -1.37. The maximum absolute atomic E-state index is 13.9. The van der Waals surface area contributed by atoms with Crippen molar-refractivity contribution in [3.8, 4) is 0 Å². The van der Waals surface area contributed by atoms with Gasteiger partial charge in [-0.15, -0.1) is 0 Å². The molecule has 1 aliphatic rings. The zero-order chi connectivity index (χ0) is 17.2. The molecule has 0 radical (unpaired) electrons. The van der Waals surface area contributed by atoms with Crippen molar-refractivity contribution in [3.05, 3.63) is 23.6 Å². The lowest BCUT2D eigenvalue weighted by Crippen LogP contribution is -2.31. The first-order chi connectivity index (χ1) is 10.7. The average Bonchev–Trinajstić information content (AvgIpc) is 2.95. The van der Waals surface area contributed by atoms with E-state index in [2.05, 4.69) is 24.1 Å². The van der Waals surface area contributed by atoms with Crippen molar-refractivity contribution in [1.82, 2.24) is 10.3 Å². The molecule has 3 nitrogen and oxygen atoms in total. The van der Waals surface area contributed by atoms with Crippen molar-refractivity contribution in [2.24, 2.45) is 11.8 Å².